The Morgan fingerprint density at radius 1 is 1.15 bits per heavy atom. The van der Waals surface area contributed by atoms with Gasteiger partial charge in [0.05, 0.1) is 12.0 Å². The van der Waals surface area contributed by atoms with Crippen LogP contribution in [0.15, 0.2) is 51.8 Å². The zero-order valence-electron chi connectivity index (χ0n) is 18.1. The van der Waals surface area contributed by atoms with E-state index < -0.39 is 24.5 Å². The van der Waals surface area contributed by atoms with E-state index in [0.717, 1.165) is 34.9 Å². The number of aromatic amines is 1. The molecule has 0 aliphatic heterocycles. The molecule has 2 aromatic carbocycles. The maximum absolute atomic E-state index is 12.4. The van der Waals surface area contributed by atoms with E-state index in [1.165, 1.54) is 12.1 Å². The van der Waals surface area contributed by atoms with Crippen LogP contribution < -0.4 is 20.8 Å². The van der Waals surface area contributed by atoms with Crippen LogP contribution in [0.4, 0.5) is 0 Å². The Bertz CT molecular complexity index is 1480. The molecule has 0 unspecified atom stereocenters. The molecule has 1 aliphatic rings. The summed E-state index contributed by atoms with van der Waals surface area (Å²) >= 11 is 0. The molecule has 0 bridgehead atoms. The van der Waals surface area contributed by atoms with Crippen molar-refractivity contribution in [1.82, 2.24) is 10.3 Å². The number of benzene rings is 2. The monoisotopic (exact) mass is 461 g/mol. The summed E-state index contributed by atoms with van der Waals surface area (Å²) < 4.78 is 10.9. The molecule has 1 amide bonds. The second kappa shape index (κ2) is 8.58. The predicted octanol–water partition coefficient (Wildman–Crippen LogP) is 1.32. The predicted molar refractivity (Wildman–Crippen MR) is 121 cm³/mol. The Hall–Kier alpha value is -4.27. The van der Waals surface area contributed by atoms with Crippen molar-refractivity contribution in [2.45, 2.75) is 31.7 Å². The number of amides is 1. The molecule has 5 rings (SSSR count). The SMILES string of the molecule is O=C(COc1ccc2c3c(c(=O)oc2c1)CCC3)N[C@@H](Cc1c[nH]c2ccc(O)cc12)C(=O)[O-]. The van der Waals surface area contributed by atoms with Crippen molar-refractivity contribution >= 4 is 33.7 Å². The van der Waals surface area contributed by atoms with Crippen LogP contribution in [-0.2, 0) is 28.9 Å². The lowest BCUT2D eigenvalue weighted by atomic mass is 10.0. The standard InChI is InChI=1S/C25H22N2O7/c28-14-4-7-20-19(9-14)13(11-26-20)8-21(24(30)31)27-23(29)12-33-15-5-6-17-16-2-1-3-18(16)25(32)34-22(17)10-15/h4-7,9-11,21,26,28H,1-3,8,12H2,(H,27,29)(H,30,31)/p-1/t21-/m0/s1. The van der Waals surface area contributed by atoms with Gasteiger partial charge in [-0.1, -0.05) is 0 Å². The number of hydrogen-bond acceptors (Lipinski definition) is 7. The summed E-state index contributed by atoms with van der Waals surface area (Å²) in [5.74, 6) is -1.72. The first-order valence-electron chi connectivity index (χ1n) is 10.9. The second-order valence-corrected chi connectivity index (χ2v) is 8.33. The van der Waals surface area contributed by atoms with Crippen LogP contribution in [0.1, 0.15) is 23.1 Å². The number of fused-ring (bicyclic) bond motifs is 4. The van der Waals surface area contributed by atoms with Crippen molar-refractivity contribution in [3.8, 4) is 11.5 Å². The molecule has 2 aromatic heterocycles. The van der Waals surface area contributed by atoms with E-state index in [4.69, 9.17) is 9.15 Å². The molecular weight excluding hydrogens is 440 g/mol. The Balaban J connectivity index is 1.26. The second-order valence-electron chi connectivity index (χ2n) is 8.33. The van der Waals surface area contributed by atoms with E-state index in [1.54, 1.807) is 30.5 Å². The van der Waals surface area contributed by atoms with Crippen molar-refractivity contribution in [2.75, 3.05) is 6.61 Å². The Morgan fingerprint density at radius 3 is 2.79 bits per heavy atom. The number of rotatable bonds is 7. The fourth-order valence-electron chi connectivity index (χ4n) is 4.49. The molecular formula is C25H21N2O7-. The fourth-order valence-corrected chi connectivity index (χ4v) is 4.49. The van der Waals surface area contributed by atoms with Gasteiger partial charge in [-0.25, -0.2) is 4.79 Å². The number of hydrogen-bond donors (Lipinski definition) is 3. The number of phenolic OH excluding ortho intramolecular Hbond substituents is 1. The first kappa shape index (κ1) is 21.6. The largest absolute Gasteiger partial charge is 0.548 e. The Kier molecular flexibility index (Phi) is 5.45. The van der Waals surface area contributed by atoms with E-state index in [1.807, 2.05) is 0 Å². The highest BCUT2D eigenvalue weighted by Gasteiger charge is 2.20. The third-order valence-electron chi connectivity index (χ3n) is 6.11. The van der Waals surface area contributed by atoms with Crippen LogP contribution in [-0.4, -0.2) is 34.6 Å². The van der Waals surface area contributed by atoms with Gasteiger partial charge in [-0.2, -0.15) is 0 Å². The summed E-state index contributed by atoms with van der Waals surface area (Å²) in [6.45, 7) is -0.431. The number of aromatic hydroxyl groups is 1. The number of ether oxygens (including phenoxy) is 1. The summed E-state index contributed by atoms with van der Waals surface area (Å²) in [6, 6.07) is 8.45. The Morgan fingerprint density at radius 2 is 1.97 bits per heavy atom. The maximum atomic E-state index is 12.4. The molecule has 0 radical (unpaired) electrons. The molecule has 0 fully saturated rings. The summed E-state index contributed by atoms with van der Waals surface area (Å²) in [6.07, 6.45) is 4.04. The molecule has 1 atom stereocenters. The molecule has 9 nitrogen and oxygen atoms in total. The van der Waals surface area contributed by atoms with Crippen LogP contribution >= 0.6 is 0 Å². The summed E-state index contributed by atoms with van der Waals surface area (Å²) in [7, 11) is 0. The number of H-pyrrole nitrogens is 1. The zero-order chi connectivity index (χ0) is 23.8. The molecule has 0 saturated carbocycles. The quantitative estimate of drug-likeness (QED) is 0.352. The van der Waals surface area contributed by atoms with Crippen molar-refractivity contribution in [3.05, 3.63) is 69.7 Å². The number of nitrogens with one attached hydrogen (secondary N) is 2. The first-order valence-corrected chi connectivity index (χ1v) is 10.9. The number of aryl methyl sites for hydroxylation is 1. The molecule has 2 heterocycles. The molecule has 34 heavy (non-hydrogen) atoms. The summed E-state index contributed by atoms with van der Waals surface area (Å²) in [5, 5.41) is 25.3. The lowest BCUT2D eigenvalue weighted by molar-refractivity contribution is -0.308. The third-order valence-corrected chi connectivity index (χ3v) is 6.11. The van der Waals surface area contributed by atoms with E-state index in [-0.39, 0.29) is 17.8 Å². The van der Waals surface area contributed by atoms with Gasteiger partial charge in [0.15, 0.2) is 6.61 Å². The highest BCUT2D eigenvalue weighted by molar-refractivity contribution is 5.87. The van der Waals surface area contributed by atoms with Crippen LogP contribution in [0.5, 0.6) is 11.5 Å². The molecule has 174 valence electrons. The third kappa shape index (κ3) is 4.07. The topological polar surface area (TPSA) is 145 Å². The molecule has 4 aromatic rings. The van der Waals surface area contributed by atoms with Crippen molar-refractivity contribution < 1.29 is 29.0 Å². The van der Waals surface area contributed by atoms with Crippen LogP contribution in [0.25, 0.3) is 21.9 Å². The van der Waals surface area contributed by atoms with Gasteiger partial charge in [-0.3, -0.25) is 4.79 Å². The first-order chi connectivity index (χ1) is 16.4. The highest BCUT2D eigenvalue weighted by atomic mass is 16.5. The maximum Gasteiger partial charge on any atom is 0.339 e. The minimum atomic E-state index is -1.44. The molecule has 3 N–H and O–H groups in total. The van der Waals surface area contributed by atoms with Gasteiger partial charge >= 0.3 is 5.63 Å². The summed E-state index contributed by atoms with van der Waals surface area (Å²) in [4.78, 5) is 39.2. The van der Waals surface area contributed by atoms with Gasteiger partial charge in [0.25, 0.3) is 5.91 Å². The van der Waals surface area contributed by atoms with Crippen LogP contribution in [0, 0.1) is 0 Å². The van der Waals surface area contributed by atoms with E-state index in [2.05, 4.69) is 10.3 Å². The average Bonchev–Trinajstić information content (AvgIpc) is 3.45. The van der Waals surface area contributed by atoms with Gasteiger partial charge in [0.1, 0.15) is 17.1 Å². The number of carboxylic acids is 1. The Labute approximate surface area is 193 Å². The highest BCUT2D eigenvalue weighted by Crippen LogP contribution is 2.29. The van der Waals surface area contributed by atoms with Gasteiger partial charge in [0, 0.05) is 40.5 Å². The number of aliphatic carboxylic acids is 1. The van der Waals surface area contributed by atoms with Gasteiger partial charge < -0.3 is 34.5 Å². The summed E-state index contributed by atoms with van der Waals surface area (Å²) in [5.41, 5.74) is 3.10. The van der Waals surface area contributed by atoms with Gasteiger partial charge in [-0.15, -0.1) is 0 Å². The normalized spacial score (nSPS) is 13.6. The fraction of sp³-hybridized carbons (Fsp3) is 0.240. The van der Waals surface area contributed by atoms with E-state index in [0.29, 0.717) is 28.7 Å². The zero-order valence-corrected chi connectivity index (χ0v) is 18.1. The lowest BCUT2D eigenvalue weighted by Crippen LogP contribution is -2.50. The van der Waals surface area contributed by atoms with E-state index in [9.17, 15) is 24.6 Å². The number of carboxylic acid groups (broad SMARTS) is 1. The average molecular weight is 461 g/mol. The number of carbonyl (C=O) groups excluding carboxylic acids is 2. The number of phenols is 1. The number of aromatic nitrogens is 1. The van der Waals surface area contributed by atoms with E-state index >= 15 is 0 Å². The molecule has 9 heteroatoms. The van der Waals surface area contributed by atoms with Gasteiger partial charge in [0.2, 0.25) is 0 Å². The molecule has 0 saturated heterocycles. The smallest absolute Gasteiger partial charge is 0.339 e. The minimum absolute atomic E-state index is 0.0379. The van der Waals surface area contributed by atoms with Crippen molar-refractivity contribution in [2.24, 2.45) is 0 Å². The number of carbonyl (C=O) groups is 2. The lowest BCUT2D eigenvalue weighted by Gasteiger charge is -2.19. The minimum Gasteiger partial charge on any atom is -0.548 e. The van der Waals surface area contributed by atoms with Gasteiger partial charge in [-0.05, 0) is 60.7 Å². The van der Waals surface area contributed by atoms with Crippen LogP contribution in [0.2, 0.25) is 0 Å². The molecule has 1 aliphatic carbocycles. The molecule has 0 spiro atoms. The van der Waals surface area contributed by atoms with Crippen LogP contribution in [0.3, 0.4) is 0 Å². The van der Waals surface area contributed by atoms with Crippen molar-refractivity contribution in [3.63, 3.8) is 0 Å². The van der Waals surface area contributed by atoms with Crippen molar-refractivity contribution in [1.29, 1.82) is 0 Å².